The van der Waals surface area contributed by atoms with Crippen LogP contribution in [0.2, 0.25) is 0 Å². The van der Waals surface area contributed by atoms with Crippen LogP contribution in [0.25, 0.3) is 0 Å². The van der Waals surface area contributed by atoms with Gasteiger partial charge in [-0.25, -0.2) is 0 Å². The van der Waals surface area contributed by atoms with E-state index in [9.17, 15) is 0 Å². The van der Waals surface area contributed by atoms with Gasteiger partial charge >= 0.3 is 0 Å². The highest BCUT2D eigenvalue weighted by molar-refractivity contribution is 5.32. The summed E-state index contributed by atoms with van der Waals surface area (Å²) in [5, 5.41) is 0. The monoisotopic (exact) mass is 251 g/mol. The van der Waals surface area contributed by atoms with E-state index in [-0.39, 0.29) is 0 Å². The van der Waals surface area contributed by atoms with Crippen LogP contribution >= 0.6 is 0 Å². The molecule has 1 heterocycles. The van der Waals surface area contributed by atoms with Crippen LogP contribution in [-0.2, 0) is 4.74 Å². The van der Waals surface area contributed by atoms with E-state index in [1.54, 1.807) is 0 Å². The molecule has 0 unspecified atom stereocenters. The zero-order valence-electron chi connectivity index (χ0n) is 10.9. The normalized spacial score (nSPS) is 16.5. The summed E-state index contributed by atoms with van der Waals surface area (Å²) in [6, 6.07) is 7.79. The lowest BCUT2D eigenvalue weighted by molar-refractivity contribution is 0.0322. The smallest absolute Gasteiger partial charge is 0.123 e. The molecule has 1 saturated heterocycles. The lowest BCUT2D eigenvalue weighted by Crippen LogP contribution is -2.38. The minimum atomic E-state index is 0.678. The van der Waals surface area contributed by atoms with E-state index in [0.717, 1.165) is 44.3 Å². The molecule has 2 rings (SSSR count). The topological polar surface area (TPSA) is 30.9 Å². The van der Waals surface area contributed by atoms with Gasteiger partial charge in [-0.1, -0.05) is 6.07 Å². The molecular formula is C14H21NO3. The van der Waals surface area contributed by atoms with Gasteiger partial charge in [0.15, 0.2) is 0 Å². The summed E-state index contributed by atoms with van der Waals surface area (Å²) in [5.74, 6) is 1.73. The Balaban J connectivity index is 1.73. The number of morpholine rings is 1. The second-order valence-electron chi connectivity index (χ2n) is 4.21. The van der Waals surface area contributed by atoms with Crippen molar-refractivity contribution in [2.45, 2.75) is 6.92 Å². The van der Waals surface area contributed by atoms with Crippen LogP contribution < -0.4 is 9.47 Å². The molecule has 0 radical (unpaired) electrons. The average molecular weight is 251 g/mol. The van der Waals surface area contributed by atoms with Crippen molar-refractivity contribution < 1.29 is 14.2 Å². The molecule has 1 fully saturated rings. The Kier molecular flexibility index (Phi) is 5.30. The number of rotatable bonds is 6. The number of benzene rings is 1. The molecule has 4 heteroatoms. The van der Waals surface area contributed by atoms with Crippen LogP contribution in [-0.4, -0.2) is 51.0 Å². The first-order chi connectivity index (χ1) is 8.88. The van der Waals surface area contributed by atoms with E-state index in [4.69, 9.17) is 14.2 Å². The van der Waals surface area contributed by atoms with Crippen LogP contribution in [0.1, 0.15) is 6.92 Å². The largest absolute Gasteiger partial charge is 0.494 e. The quantitative estimate of drug-likeness (QED) is 0.771. The summed E-state index contributed by atoms with van der Waals surface area (Å²) >= 11 is 0. The fourth-order valence-electron chi connectivity index (χ4n) is 1.94. The van der Waals surface area contributed by atoms with Gasteiger partial charge in [-0.05, 0) is 19.1 Å². The third-order valence-corrected chi connectivity index (χ3v) is 2.90. The second kappa shape index (κ2) is 7.24. The highest BCUT2D eigenvalue weighted by atomic mass is 16.5. The number of hydrogen-bond donors (Lipinski definition) is 0. The Hall–Kier alpha value is -1.26. The first kappa shape index (κ1) is 13.2. The predicted octanol–water partition coefficient (Wildman–Crippen LogP) is 1.80. The maximum absolute atomic E-state index is 5.73. The van der Waals surface area contributed by atoms with Gasteiger partial charge in [-0.3, -0.25) is 4.90 Å². The van der Waals surface area contributed by atoms with Crippen LogP contribution in [0.3, 0.4) is 0 Å². The van der Waals surface area contributed by atoms with E-state index in [0.29, 0.717) is 13.2 Å². The highest BCUT2D eigenvalue weighted by Crippen LogP contribution is 2.19. The maximum atomic E-state index is 5.73. The third kappa shape index (κ3) is 4.20. The molecule has 4 nitrogen and oxygen atoms in total. The first-order valence-corrected chi connectivity index (χ1v) is 6.54. The Bertz CT molecular complexity index is 351. The van der Waals surface area contributed by atoms with Gasteiger partial charge in [0.2, 0.25) is 0 Å². The van der Waals surface area contributed by atoms with Crippen molar-refractivity contribution in [3.8, 4) is 11.5 Å². The van der Waals surface area contributed by atoms with Crippen LogP contribution in [0.5, 0.6) is 11.5 Å². The molecule has 0 aliphatic carbocycles. The zero-order valence-corrected chi connectivity index (χ0v) is 10.9. The van der Waals surface area contributed by atoms with Crippen LogP contribution in [0.4, 0.5) is 0 Å². The molecule has 1 aromatic rings. The summed E-state index contributed by atoms with van der Waals surface area (Å²) in [5.41, 5.74) is 0. The van der Waals surface area contributed by atoms with E-state index in [2.05, 4.69) is 4.90 Å². The van der Waals surface area contributed by atoms with Crippen molar-refractivity contribution in [1.29, 1.82) is 0 Å². The van der Waals surface area contributed by atoms with E-state index in [1.165, 1.54) is 0 Å². The molecule has 1 aliphatic rings. The highest BCUT2D eigenvalue weighted by Gasteiger charge is 2.09. The van der Waals surface area contributed by atoms with Gasteiger partial charge < -0.3 is 14.2 Å². The van der Waals surface area contributed by atoms with Gasteiger partial charge in [-0.15, -0.1) is 0 Å². The number of hydrogen-bond acceptors (Lipinski definition) is 4. The van der Waals surface area contributed by atoms with Gasteiger partial charge in [0.1, 0.15) is 18.1 Å². The van der Waals surface area contributed by atoms with Crippen molar-refractivity contribution in [1.82, 2.24) is 4.90 Å². The molecule has 0 spiro atoms. The molecule has 0 bridgehead atoms. The summed E-state index contributed by atoms with van der Waals surface area (Å²) < 4.78 is 16.5. The van der Waals surface area contributed by atoms with Crippen LogP contribution in [0.15, 0.2) is 24.3 Å². The molecule has 0 saturated carbocycles. The van der Waals surface area contributed by atoms with E-state index >= 15 is 0 Å². The standard InChI is InChI=1S/C14H21NO3/c1-2-17-13-4-3-5-14(12-13)18-11-8-15-6-9-16-10-7-15/h3-5,12H,2,6-11H2,1H3. The lowest BCUT2D eigenvalue weighted by Gasteiger charge is -2.26. The molecule has 0 N–H and O–H groups in total. The molecule has 0 atom stereocenters. The summed E-state index contributed by atoms with van der Waals surface area (Å²) in [4.78, 5) is 2.36. The van der Waals surface area contributed by atoms with Crippen molar-refractivity contribution in [2.24, 2.45) is 0 Å². The van der Waals surface area contributed by atoms with Crippen molar-refractivity contribution in [3.63, 3.8) is 0 Å². The maximum Gasteiger partial charge on any atom is 0.123 e. The van der Waals surface area contributed by atoms with Gasteiger partial charge in [0.25, 0.3) is 0 Å². The van der Waals surface area contributed by atoms with E-state index < -0.39 is 0 Å². The Morgan fingerprint density at radius 1 is 1.17 bits per heavy atom. The molecule has 0 amide bonds. The minimum Gasteiger partial charge on any atom is -0.494 e. The van der Waals surface area contributed by atoms with Crippen LogP contribution in [0, 0.1) is 0 Å². The molecule has 100 valence electrons. The zero-order chi connectivity index (χ0) is 12.6. The second-order valence-corrected chi connectivity index (χ2v) is 4.21. The number of nitrogens with zero attached hydrogens (tertiary/aromatic N) is 1. The van der Waals surface area contributed by atoms with Crippen molar-refractivity contribution in [3.05, 3.63) is 24.3 Å². The summed E-state index contributed by atoms with van der Waals surface area (Å²) in [7, 11) is 0. The molecule has 1 aromatic carbocycles. The summed E-state index contributed by atoms with van der Waals surface area (Å²) in [6.07, 6.45) is 0. The number of ether oxygens (including phenoxy) is 3. The molecule has 18 heavy (non-hydrogen) atoms. The molecular weight excluding hydrogens is 230 g/mol. The summed E-state index contributed by atoms with van der Waals surface area (Å²) in [6.45, 7) is 7.98. The van der Waals surface area contributed by atoms with Gasteiger partial charge in [-0.2, -0.15) is 0 Å². The Labute approximate surface area is 108 Å². The molecule has 0 aromatic heterocycles. The van der Waals surface area contributed by atoms with E-state index in [1.807, 2.05) is 31.2 Å². The fourth-order valence-corrected chi connectivity index (χ4v) is 1.94. The third-order valence-electron chi connectivity index (χ3n) is 2.90. The Morgan fingerprint density at radius 2 is 1.89 bits per heavy atom. The van der Waals surface area contributed by atoms with Crippen molar-refractivity contribution >= 4 is 0 Å². The SMILES string of the molecule is CCOc1cccc(OCCN2CCOCC2)c1. The fraction of sp³-hybridized carbons (Fsp3) is 0.571. The predicted molar refractivity (Wildman–Crippen MR) is 70.4 cm³/mol. The average Bonchev–Trinajstić information content (AvgIpc) is 2.41. The van der Waals surface area contributed by atoms with Gasteiger partial charge in [0.05, 0.1) is 19.8 Å². The van der Waals surface area contributed by atoms with Gasteiger partial charge in [0, 0.05) is 25.7 Å². The lowest BCUT2D eigenvalue weighted by atomic mass is 10.3. The first-order valence-electron chi connectivity index (χ1n) is 6.54. The Morgan fingerprint density at radius 3 is 2.61 bits per heavy atom. The minimum absolute atomic E-state index is 0.678. The molecule has 1 aliphatic heterocycles. The van der Waals surface area contributed by atoms with Crippen molar-refractivity contribution in [2.75, 3.05) is 46.1 Å².